The van der Waals surface area contributed by atoms with Gasteiger partial charge in [-0.3, -0.25) is 9.59 Å². The molecule has 0 unspecified atom stereocenters. The van der Waals surface area contributed by atoms with Crippen molar-refractivity contribution in [3.63, 3.8) is 0 Å². The van der Waals surface area contributed by atoms with Crippen LogP contribution < -0.4 is 20.1 Å². The summed E-state index contributed by atoms with van der Waals surface area (Å²) in [5, 5.41) is 4.68. The van der Waals surface area contributed by atoms with Crippen molar-refractivity contribution in [1.82, 2.24) is 4.72 Å². The number of carbonyl (C=O) groups excluding carboxylic acids is 2. The van der Waals surface area contributed by atoms with E-state index in [2.05, 4.69) is 15.4 Å². The highest BCUT2D eigenvalue weighted by Gasteiger charge is 2.32. The second-order valence-corrected chi connectivity index (χ2v) is 9.54. The van der Waals surface area contributed by atoms with Crippen LogP contribution in [0.5, 0.6) is 5.75 Å². The predicted octanol–water partition coefficient (Wildman–Crippen LogP) is 4.15. The lowest BCUT2D eigenvalue weighted by Gasteiger charge is -2.17. The zero-order chi connectivity index (χ0) is 25.1. The van der Waals surface area contributed by atoms with Crippen LogP contribution in [0.2, 0.25) is 0 Å². The maximum Gasteiger partial charge on any atom is 0.416 e. The molecule has 0 aliphatic heterocycles. The molecule has 184 valence electrons. The molecule has 12 heteroatoms. The van der Waals surface area contributed by atoms with Gasteiger partial charge in [-0.15, -0.1) is 0 Å². The molecule has 2 aromatic carbocycles. The molecule has 0 atom stereocenters. The molecule has 0 bridgehead atoms. The summed E-state index contributed by atoms with van der Waals surface area (Å²) in [5.41, 5.74) is -1.49. The zero-order valence-electron chi connectivity index (χ0n) is 18.5. The van der Waals surface area contributed by atoms with E-state index in [1.807, 2.05) is 0 Å². The Kier molecular flexibility index (Phi) is 7.51. The number of carbonyl (C=O) groups is 2. The molecule has 2 aromatic rings. The third-order valence-corrected chi connectivity index (χ3v) is 6.84. The monoisotopic (exact) mass is 499 g/mol. The lowest BCUT2D eigenvalue weighted by Crippen LogP contribution is -2.33. The van der Waals surface area contributed by atoms with Crippen LogP contribution in [0.1, 0.15) is 48.5 Å². The van der Waals surface area contributed by atoms with E-state index in [9.17, 15) is 31.2 Å². The molecule has 8 nitrogen and oxygen atoms in total. The maximum absolute atomic E-state index is 13.2. The number of rotatable bonds is 7. The molecule has 3 N–H and O–H groups in total. The number of sulfonamides is 1. The summed E-state index contributed by atoms with van der Waals surface area (Å²) in [7, 11) is -2.74. The first-order valence-electron chi connectivity index (χ1n) is 10.4. The van der Waals surface area contributed by atoms with Crippen molar-refractivity contribution >= 4 is 33.2 Å². The normalized spacial score (nSPS) is 14.6. The molecule has 1 aliphatic carbocycles. The van der Waals surface area contributed by atoms with Crippen LogP contribution in [0.15, 0.2) is 41.3 Å². The molecule has 0 heterocycles. The van der Waals surface area contributed by atoms with E-state index in [1.165, 1.54) is 26.2 Å². The van der Waals surface area contributed by atoms with E-state index in [1.54, 1.807) is 0 Å². The van der Waals surface area contributed by atoms with E-state index < -0.39 is 33.6 Å². The Morgan fingerprint density at radius 1 is 1.00 bits per heavy atom. The largest absolute Gasteiger partial charge is 0.495 e. The van der Waals surface area contributed by atoms with Gasteiger partial charge in [0.1, 0.15) is 10.6 Å². The molecule has 1 fully saturated rings. The first-order valence-corrected chi connectivity index (χ1v) is 11.9. The van der Waals surface area contributed by atoms with Crippen LogP contribution in [0, 0.1) is 0 Å². The Balaban J connectivity index is 1.94. The number of hydrogen-bond acceptors (Lipinski definition) is 5. The van der Waals surface area contributed by atoms with Gasteiger partial charge in [-0.25, -0.2) is 13.1 Å². The van der Waals surface area contributed by atoms with Crippen LogP contribution in [0.4, 0.5) is 24.5 Å². The summed E-state index contributed by atoms with van der Waals surface area (Å²) >= 11 is 0. The van der Waals surface area contributed by atoms with E-state index in [4.69, 9.17) is 4.74 Å². The highest BCUT2D eigenvalue weighted by Crippen LogP contribution is 2.34. The van der Waals surface area contributed by atoms with E-state index in [0.717, 1.165) is 31.0 Å². The number of nitrogens with one attached hydrogen (secondary N) is 3. The predicted molar refractivity (Wildman–Crippen MR) is 119 cm³/mol. The van der Waals surface area contributed by atoms with Crippen LogP contribution in [0.25, 0.3) is 0 Å². The van der Waals surface area contributed by atoms with Gasteiger partial charge >= 0.3 is 6.18 Å². The molecular formula is C22H24F3N3O5S. The van der Waals surface area contributed by atoms with Crippen molar-refractivity contribution in [3.05, 3.63) is 47.5 Å². The zero-order valence-corrected chi connectivity index (χ0v) is 19.3. The topological polar surface area (TPSA) is 114 Å². The lowest BCUT2D eigenvalue weighted by atomic mass is 10.1. The van der Waals surface area contributed by atoms with Crippen LogP contribution in [-0.4, -0.2) is 33.4 Å². The molecular weight excluding hydrogens is 475 g/mol. The molecule has 1 saturated carbocycles. The van der Waals surface area contributed by atoms with Gasteiger partial charge in [-0.1, -0.05) is 12.8 Å². The average Bonchev–Trinajstić information content (AvgIpc) is 3.25. The summed E-state index contributed by atoms with van der Waals surface area (Å²) in [6.45, 7) is 1.17. The van der Waals surface area contributed by atoms with Crippen LogP contribution in [-0.2, 0) is 21.0 Å². The smallest absolute Gasteiger partial charge is 0.416 e. The van der Waals surface area contributed by atoms with Gasteiger partial charge in [-0.2, -0.15) is 13.2 Å². The van der Waals surface area contributed by atoms with Gasteiger partial charge in [0.05, 0.1) is 24.0 Å². The fourth-order valence-corrected chi connectivity index (χ4v) is 5.17. The third-order valence-electron chi connectivity index (χ3n) is 5.30. The summed E-state index contributed by atoms with van der Waals surface area (Å²) in [4.78, 5) is 24.0. The summed E-state index contributed by atoms with van der Waals surface area (Å²) in [5.74, 6) is -1.41. The number of amides is 2. The maximum atomic E-state index is 13.2. The van der Waals surface area contributed by atoms with Crippen molar-refractivity contribution in [2.24, 2.45) is 0 Å². The summed E-state index contributed by atoms with van der Waals surface area (Å²) in [6.07, 6.45) is -1.48. The summed E-state index contributed by atoms with van der Waals surface area (Å²) in [6, 6.07) is 5.93. The molecule has 1 aliphatic rings. The van der Waals surface area contributed by atoms with E-state index >= 15 is 0 Å². The quantitative estimate of drug-likeness (QED) is 0.530. The number of benzene rings is 2. The Bertz CT molecular complexity index is 1190. The Morgan fingerprint density at radius 3 is 2.26 bits per heavy atom. The van der Waals surface area contributed by atoms with Crippen LogP contribution in [0.3, 0.4) is 0 Å². The van der Waals surface area contributed by atoms with Gasteiger partial charge < -0.3 is 15.4 Å². The summed E-state index contributed by atoms with van der Waals surface area (Å²) < 4.78 is 73.1. The molecule has 34 heavy (non-hydrogen) atoms. The Labute approximate surface area is 194 Å². The fraction of sp³-hybridized carbons (Fsp3) is 0.364. The van der Waals surface area contributed by atoms with Crippen molar-refractivity contribution in [2.75, 3.05) is 17.7 Å². The molecule has 0 saturated heterocycles. The average molecular weight is 500 g/mol. The third kappa shape index (κ3) is 6.06. The van der Waals surface area contributed by atoms with Gasteiger partial charge in [0.2, 0.25) is 15.9 Å². The molecule has 3 rings (SSSR count). The number of methoxy groups -OCH3 is 1. The SMILES string of the molecule is COc1ccc(C(=O)Nc2cc(C(F)(F)F)ccc2NC(C)=O)cc1S(=O)(=O)NC1CCCC1. The van der Waals surface area contributed by atoms with Gasteiger partial charge in [0.25, 0.3) is 5.91 Å². The number of ether oxygens (including phenoxy) is 1. The molecule has 0 radical (unpaired) electrons. The molecule has 2 amide bonds. The Morgan fingerprint density at radius 2 is 1.68 bits per heavy atom. The minimum absolute atomic E-state index is 0.0139. The molecule has 0 aromatic heterocycles. The van der Waals surface area contributed by atoms with Gasteiger partial charge in [0, 0.05) is 18.5 Å². The van der Waals surface area contributed by atoms with Crippen molar-refractivity contribution < 1.29 is 35.9 Å². The highest BCUT2D eigenvalue weighted by atomic mass is 32.2. The van der Waals surface area contributed by atoms with Crippen LogP contribution >= 0.6 is 0 Å². The van der Waals surface area contributed by atoms with Crippen molar-refractivity contribution in [2.45, 2.75) is 49.7 Å². The lowest BCUT2D eigenvalue weighted by molar-refractivity contribution is -0.137. The number of halogens is 3. The van der Waals surface area contributed by atoms with E-state index in [-0.39, 0.29) is 33.6 Å². The Hall–Kier alpha value is -3.12. The van der Waals surface area contributed by atoms with Crippen molar-refractivity contribution in [3.8, 4) is 5.75 Å². The first-order chi connectivity index (χ1) is 15.9. The second kappa shape index (κ2) is 10.0. The standard InChI is InChI=1S/C22H24F3N3O5S/c1-13(29)26-17-9-8-15(22(23,24)25)12-18(17)27-21(30)14-7-10-19(33-2)20(11-14)34(31,32)28-16-5-3-4-6-16/h7-12,16,28H,3-6H2,1-2H3,(H,26,29)(H,27,30). The van der Waals surface area contributed by atoms with Gasteiger partial charge in [0.15, 0.2) is 0 Å². The highest BCUT2D eigenvalue weighted by molar-refractivity contribution is 7.89. The number of alkyl halides is 3. The first kappa shape index (κ1) is 25.5. The van der Waals surface area contributed by atoms with Gasteiger partial charge in [-0.05, 0) is 49.2 Å². The number of anilines is 2. The second-order valence-electron chi connectivity index (χ2n) is 7.86. The minimum Gasteiger partial charge on any atom is -0.495 e. The fourth-order valence-electron chi connectivity index (χ4n) is 3.67. The number of hydrogen-bond donors (Lipinski definition) is 3. The minimum atomic E-state index is -4.68. The molecule has 0 spiro atoms. The van der Waals surface area contributed by atoms with Crippen molar-refractivity contribution in [1.29, 1.82) is 0 Å². The van der Waals surface area contributed by atoms with E-state index in [0.29, 0.717) is 18.9 Å².